The Morgan fingerprint density at radius 2 is 2.06 bits per heavy atom. The minimum absolute atomic E-state index is 0.0145. The third kappa shape index (κ3) is 4.16. The third-order valence-corrected chi connectivity index (χ3v) is 5.36. The van der Waals surface area contributed by atoms with Gasteiger partial charge in [-0.05, 0) is 44.5 Å². The van der Waals surface area contributed by atoms with E-state index in [4.69, 9.17) is 9.15 Å². The number of Topliss-reactive ketones (excluding diaryl/α,β-unsaturated/α-hetero) is 1. The zero-order chi connectivity index (χ0) is 22.7. The summed E-state index contributed by atoms with van der Waals surface area (Å²) >= 11 is 0. The molecule has 1 aliphatic rings. The summed E-state index contributed by atoms with van der Waals surface area (Å²) in [5.74, 6) is 0.0231. The number of hydrogen-bond donors (Lipinski definition) is 1. The van der Waals surface area contributed by atoms with Gasteiger partial charge in [0.2, 0.25) is 0 Å². The first-order chi connectivity index (χ1) is 15.5. The minimum atomic E-state index is -0.803. The topological polar surface area (TPSA) is 97.8 Å². The number of ether oxygens (including phenoxy) is 1. The van der Waals surface area contributed by atoms with E-state index in [-0.39, 0.29) is 11.3 Å². The molecule has 1 saturated heterocycles. The molecule has 8 heteroatoms. The van der Waals surface area contributed by atoms with Crippen LogP contribution in [0.25, 0.3) is 5.76 Å². The Hall–Kier alpha value is -3.81. The summed E-state index contributed by atoms with van der Waals surface area (Å²) in [5.41, 5.74) is 0.418. The Bertz CT molecular complexity index is 1150. The van der Waals surface area contributed by atoms with Gasteiger partial charge in [0.15, 0.2) is 0 Å². The van der Waals surface area contributed by atoms with Crippen molar-refractivity contribution < 1.29 is 23.8 Å². The highest BCUT2D eigenvalue weighted by Gasteiger charge is 2.47. The van der Waals surface area contributed by atoms with Gasteiger partial charge in [-0.1, -0.05) is 12.1 Å². The van der Waals surface area contributed by atoms with Gasteiger partial charge in [0, 0.05) is 31.0 Å². The second kappa shape index (κ2) is 9.13. The van der Waals surface area contributed by atoms with Crippen molar-refractivity contribution in [2.24, 2.45) is 0 Å². The molecular formula is C24H25N3O5. The second-order valence-corrected chi connectivity index (χ2v) is 7.56. The number of aromatic nitrogens is 2. The number of aliphatic hydroxyl groups excluding tert-OH is 1. The molecule has 1 aliphatic heterocycles. The van der Waals surface area contributed by atoms with Crippen LogP contribution in [0.3, 0.4) is 0 Å². The van der Waals surface area contributed by atoms with Crippen LogP contribution in [0.1, 0.15) is 36.5 Å². The van der Waals surface area contributed by atoms with Gasteiger partial charge >= 0.3 is 0 Å². The van der Waals surface area contributed by atoms with Crippen LogP contribution >= 0.6 is 0 Å². The highest BCUT2D eigenvalue weighted by atomic mass is 16.5. The molecule has 2 aromatic heterocycles. The molecule has 3 aromatic rings. The molecule has 0 spiro atoms. The van der Waals surface area contributed by atoms with E-state index < -0.39 is 17.7 Å². The van der Waals surface area contributed by atoms with Gasteiger partial charge in [-0.2, -0.15) is 0 Å². The first-order valence-electron chi connectivity index (χ1n) is 10.5. The number of furan rings is 1. The fourth-order valence-corrected chi connectivity index (χ4v) is 3.90. The number of rotatable bonds is 8. The van der Waals surface area contributed by atoms with Crippen molar-refractivity contribution >= 4 is 17.4 Å². The summed E-state index contributed by atoms with van der Waals surface area (Å²) in [6.45, 7) is 5.09. The molecular weight excluding hydrogens is 410 g/mol. The molecule has 1 N–H and O–H groups in total. The van der Waals surface area contributed by atoms with Gasteiger partial charge in [0.1, 0.15) is 29.1 Å². The lowest BCUT2D eigenvalue weighted by Crippen LogP contribution is -2.31. The number of carbonyl (C=O) groups excluding carboxylic acids is 2. The van der Waals surface area contributed by atoms with Crippen molar-refractivity contribution in [2.45, 2.75) is 32.9 Å². The molecule has 1 unspecified atom stereocenters. The molecule has 1 amide bonds. The summed E-state index contributed by atoms with van der Waals surface area (Å²) < 4.78 is 13.2. The van der Waals surface area contributed by atoms with E-state index in [2.05, 4.69) is 4.98 Å². The third-order valence-electron chi connectivity index (χ3n) is 5.36. The van der Waals surface area contributed by atoms with Crippen LogP contribution in [0.5, 0.6) is 5.75 Å². The fraction of sp³-hybridized carbons (Fsp3) is 0.292. The number of benzene rings is 1. The number of ketones is 1. The van der Waals surface area contributed by atoms with Crippen LogP contribution in [0.4, 0.5) is 0 Å². The summed E-state index contributed by atoms with van der Waals surface area (Å²) in [5, 5.41) is 11.1. The van der Waals surface area contributed by atoms with Crippen molar-refractivity contribution in [2.75, 3.05) is 13.2 Å². The van der Waals surface area contributed by atoms with Gasteiger partial charge in [0.05, 0.1) is 18.5 Å². The summed E-state index contributed by atoms with van der Waals surface area (Å²) in [6, 6.07) is 9.53. The molecule has 1 fully saturated rings. The Morgan fingerprint density at radius 3 is 2.75 bits per heavy atom. The summed E-state index contributed by atoms with van der Waals surface area (Å²) in [7, 11) is 0. The molecule has 3 heterocycles. The zero-order valence-electron chi connectivity index (χ0n) is 18.0. The average molecular weight is 435 g/mol. The van der Waals surface area contributed by atoms with E-state index in [9.17, 15) is 14.7 Å². The lowest BCUT2D eigenvalue weighted by atomic mass is 9.99. The number of aryl methyl sites for hydroxylation is 2. The number of likely N-dealkylation sites (tertiary alicyclic amines) is 1. The van der Waals surface area contributed by atoms with E-state index in [1.165, 1.54) is 4.90 Å². The van der Waals surface area contributed by atoms with Crippen LogP contribution in [0, 0.1) is 6.92 Å². The largest absolute Gasteiger partial charge is 0.507 e. The van der Waals surface area contributed by atoms with Crippen molar-refractivity contribution in [3.05, 3.63) is 77.8 Å². The Morgan fingerprint density at radius 1 is 1.22 bits per heavy atom. The predicted molar refractivity (Wildman–Crippen MR) is 117 cm³/mol. The lowest BCUT2D eigenvalue weighted by Gasteiger charge is -2.23. The maximum Gasteiger partial charge on any atom is 0.295 e. The smallest absolute Gasteiger partial charge is 0.295 e. The van der Waals surface area contributed by atoms with Gasteiger partial charge < -0.3 is 23.7 Å². The quantitative estimate of drug-likeness (QED) is 0.329. The van der Waals surface area contributed by atoms with E-state index in [0.29, 0.717) is 49.0 Å². The maximum atomic E-state index is 13.0. The van der Waals surface area contributed by atoms with Crippen LogP contribution in [0.2, 0.25) is 0 Å². The van der Waals surface area contributed by atoms with Crippen molar-refractivity contribution in [3.8, 4) is 5.75 Å². The Balaban J connectivity index is 1.71. The molecule has 1 atom stereocenters. The molecule has 166 valence electrons. The molecule has 8 nitrogen and oxygen atoms in total. The van der Waals surface area contributed by atoms with Gasteiger partial charge in [-0.15, -0.1) is 0 Å². The van der Waals surface area contributed by atoms with E-state index in [1.807, 2.05) is 17.7 Å². The molecule has 0 radical (unpaired) electrons. The first-order valence-corrected chi connectivity index (χ1v) is 10.5. The zero-order valence-corrected chi connectivity index (χ0v) is 18.0. The molecule has 4 rings (SSSR count). The van der Waals surface area contributed by atoms with Crippen LogP contribution in [0.15, 0.2) is 65.1 Å². The van der Waals surface area contributed by atoms with Crippen LogP contribution < -0.4 is 4.74 Å². The van der Waals surface area contributed by atoms with Crippen molar-refractivity contribution in [1.82, 2.24) is 14.5 Å². The highest BCUT2D eigenvalue weighted by molar-refractivity contribution is 6.46. The lowest BCUT2D eigenvalue weighted by molar-refractivity contribution is -0.140. The average Bonchev–Trinajstić information content (AvgIpc) is 3.51. The standard InChI is InChI=1S/C24H25N3O5/c1-3-31-18-7-4-6-17(14-18)22(28)20-21(19-9-8-16(2)32-19)27(24(30)23(20)29)12-5-11-26-13-10-25-15-26/h4,6-10,13-15,21,28H,3,5,11-12H2,1-2H3/b22-20+. The first kappa shape index (κ1) is 21.4. The molecule has 0 aliphatic carbocycles. The van der Waals surface area contributed by atoms with Crippen molar-refractivity contribution in [1.29, 1.82) is 0 Å². The monoisotopic (exact) mass is 435 g/mol. The molecule has 0 bridgehead atoms. The van der Waals surface area contributed by atoms with E-state index in [0.717, 1.165) is 0 Å². The summed E-state index contributed by atoms with van der Waals surface area (Å²) in [6.07, 6.45) is 5.84. The normalized spacial score (nSPS) is 17.8. The number of carbonyl (C=O) groups is 2. The minimum Gasteiger partial charge on any atom is -0.507 e. The van der Waals surface area contributed by atoms with Gasteiger partial charge in [-0.3, -0.25) is 9.59 Å². The number of imidazole rings is 1. The SMILES string of the molecule is CCOc1cccc(/C(O)=C2\C(=O)C(=O)N(CCCn3ccnc3)C2c2ccc(C)o2)c1. The number of hydrogen-bond acceptors (Lipinski definition) is 6. The maximum absolute atomic E-state index is 13.0. The highest BCUT2D eigenvalue weighted by Crippen LogP contribution is 2.40. The fourth-order valence-electron chi connectivity index (χ4n) is 3.90. The Labute approximate surface area is 185 Å². The predicted octanol–water partition coefficient (Wildman–Crippen LogP) is 3.70. The van der Waals surface area contributed by atoms with Crippen molar-refractivity contribution in [3.63, 3.8) is 0 Å². The number of amides is 1. The molecule has 0 saturated carbocycles. The van der Waals surface area contributed by atoms with E-state index >= 15 is 0 Å². The van der Waals surface area contributed by atoms with Crippen LogP contribution in [-0.2, 0) is 16.1 Å². The van der Waals surface area contributed by atoms with E-state index in [1.54, 1.807) is 55.8 Å². The number of aliphatic hydroxyl groups is 1. The Kier molecular flexibility index (Phi) is 6.11. The molecule has 32 heavy (non-hydrogen) atoms. The van der Waals surface area contributed by atoms with Crippen LogP contribution in [-0.4, -0.2) is 44.4 Å². The number of nitrogens with zero attached hydrogens (tertiary/aromatic N) is 3. The molecule has 1 aromatic carbocycles. The van der Waals surface area contributed by atoms with Gasteiger partial charge in [-0.25, -0.2) is 4.98 Å². The van der Waals surface area contributed by atoms with Gasteiger partial charge in [0.25, 0.3) is 11.7 Å². The summed E-state index contributed by atoms with van der Waals surface area (Å²) in [4.78, 5) is 31.5. The second-order valence-electron chi connectivity index (χ2n) is 7.56.